The van der Waals surface area contributed by atoms with E-state index in [1.807, 2.05) is 6.92 Å². The van der Waals surface area contributed by atoms with Crippen LogP contribution in [-0.4, -0.2) is 15.9 Å². The van der Waals surface area contributed by atoms with Crippen molar-refractivity contribution in [1.82, 2.24) is 9.97 Å². The number of carbonyl (C=O) groups excluding carboxylic acids is 1. The molecule has 2 aromatic rings. The fourth-order valence-corrected chi connectivity index (χ4v) is 2.67. The van der Waals surface area contributed by atoms with Crippen molar-refractivity contribution in [3.05, 3.63) is 40.1 Å². The van der Waals surface area contributed by atoms with Gasteiger partial charge in [-0.15, -0.1) is 11.3 Å². The third-order valence-corrected chi connectivity index (χ3v) is 4.04. The highest BCUT2D eigenvalue weighted by Crippen LogP contribution is 2.25. The Morgan fingerprint density at radius 3 is 2.75 bits per heavy atom. The number of hydrogen-bond donors (Lipinski definition) is 2. The lowest BCUT2D eigenvalue weighted by molar-refractivity contribution is 0.0995. The first-order valence-electron chi connectivity index (χ1n) is 6.45. The molecule has 1 atom stereocenters. The van der Waals surface area contributed by atoms with E-state index in [0.29, 0.717) is 5.92 Å². The third-order valence-electron chi connectivity index (χ3n) is 2.87. The van der Waals surface area contributed by atoms with E-state index in [0.717, 1.165) is 16.4 Å². The zero-order chi connectivity index (χ0) is 14.7. The number of pyridine rings is 1. The molecule has 3 N–H and O–H groups in total. The minimum atomic E-state index is -0.531. The Kier molecular flexibility index (Phi) is 4.34. The SMILES string of the molecule is CC(C)c1nc(C(C)Nc2ccnc(C(N)=O)c2)cs1. The quantitative estimate of drug-likeness (QED) is 0.887. The van der Waals surface area contributed by atoms with Crippen molar-refractivity contribution in [1.29, 1.82) is 0 Å². The van der Waals surface area contributed by atoms with Crippen LogP contribution in [0, 0.1) is 0 Å². The van der Waals surface area contributed by atoms with Gasteiger partial charge in [0.25, 0.3) is 5.91 Å². The van der Waals surface area contributed by atoms with Gasteiger partial charge in [0.1, 0.15) is 5.69 Å². The molecule has 6 heteroatoms. The molecule has 2 aromatic heterocycles. The van der Waals surface area contributed by atoms with E-state index in [4.69, 9.17) is 5.73 Å². The molecular formula is C14H18N4OS. The van der Waals surface area contributed by atoms with Gasteiger partial charge in [0, 0.05) is 23.2 Å². The molecule has 2 heterocycles. The highest BCUT2D eigenvalue weighted by Gasteiger charge is 2.12. The van der Waals surface area contributed by atoms with E-state index >= 15 is 0 Å². The van der Waals surface area contributed by atoms with Crippen molar-refractivity contribution in [3.63, 3.8) is 0 Å². The first-order valence-corrected chi connectivity index (χ1v) is 7.33. The molecule has 0 radical (unpaired) electrons. The van der Waals surface area contributed by atoms with Crippen LogP contribution in [0.4, 0.5) is 5.69 Å². The normalized spacial score (nSPS) is 12.4. The predicted octanol–water partition coefficient (Wildman–Crippen LogP) is 2.93. The highest BCUT2D eigenvalue weighted by atomic mass is 32.1. The summed E-state index contributed by atoms with van der Waals surface area (Å²) in [6.07, 6.45) is 1.57. The predicted molar refractivity (Wildman–Crippen MR) is 81.0 cm³/mol. The second kappa shape index (κ2) is 6.00. The zero-order valence-electron chi connectivity index (χ0n) is 11.8. The van der Waals surface area contributed by atoms with Gasteiger partial charge in [-0.1, -0.05) is 13.8 Å². The topological polar surface area (TPSA) is 80.9 Å². The lowest BCUT2D eigenvalue weighted by Crippen LogP contribution is -2.14. The number of amides is 1. The second-order valence-corrected chi connectivity index (χ2v) is 5.82. The molecule has 106 valence electrons. The van der Waals surface area contributed by atoms with Crippen LogP contribution in [0.3, 0.4) is 0 Å². The number of hydrogen-bond acceptors (Lipinski definition) is 5. The molecule has 0 saturated carbocycles. The first-order chi connectivity index (χ1) is 9.47. The van der Waals surface area contributed by atoms with Crippen molar-refractivity contribution >= 4 is 22.9 Å². The Bertz CT molecular complexity index is 609. The minimum Gasteiger partial charge on any atom is -0.377 e. The van der Waals surface area contributed by atoms with Gasteiger partial charge in [0.15, 0.2) is 0 Å². The van der Waals surface area contributed by atoms with E-state index in [1.165, 1.54) is 0 Å². The summed E-state index contributed by atoms with van der Waals surface area (Å²) in [6.45, 7) is 6.29. The Balaban J connectivity index is 2.12. The van der Waals surface area contributed by atoms with Crippen LogP contribution in [0.25, 0.3) is 0 Å². The van der Waals surface area contributed by atoms with Crippen LogP contribution in [0.15, 0.2) is 23.7 Å². The fraction of sp³-hybridized carbons (Fsp3) is 0.357. The average Bonchev–Trinajstić information content (AvgIpc) is 2.88. The Hall–Kier alpha value is -1.95. The van der Waals surface area contributed by atoms with Crippen molar-refractivity contribution in [3.8, 4) is 0 Å². The van der Waals surface area contributed by atoms with Crippen LogP contribution in [0.1, 0.15) is 53.9 Å². The van der Waals surface area contributed by atoms with Crippen molar-refractivity contribution < 1.29 is 4.79 Å². The Labute approximate surface area is 122 Å². The molecular weight excluding hydrogens is 272 g/mol. The summed E-state index contributed by atoms with van der Waals surface area (Å²) in [6, 6.07) is 3.51. The maximum absolute atomic E-state index is 11.1. The molecule has 0 spiro atoms. The van der Waals surface area contributed by atoms with Crippen LogP contribution < -0.4 is 11.1 Å². The largest absolute Gasteiger partial charge is 0.377 e. The molecule has 1 amide bonds. The zero-order valence-corrected chi connectivity index (χ0v) is 12.6. The molecule has 0 aliphatic heterocycles. The second-order valence-electron chi connectivity index (χ2n) is 4.93. The summed E-state index contributed by atoms with van der Waals surface area (Å²) in [4.78, 5) is 19.6. The molecule has 0 aliphatic carbocycles. The van der Waals surface area contributed by atoms with E-state index in [-0.39, 0.29) is 11.7 Å². The summed E-state index contributed by atoms with van der Waals surface area (Å²) >= 11 is 1.67. The summed E-state index contributed by atoms with van der Waals surface area (Å²) < 4.78 is 0. The van der Waals surface area contributed by atoms with Crippen LogP contribution in [-0.2, 0) is 0 Å². The number of thiazole rings is 1. The molecule has 0 aliphatic rings. The monoisotopic (exact) mass is 290 g/mol. The summed E-state index contributed by atoms with van der Waals surface area (Å²) in [5.41, 5.74) is 7.28. The lowest BCUT2D eigenvalue weighted by atomic mass is 10.2. The van der Waals surface area contributed by atoms with Gasteiger partial charge in [-0.05, 0) is 19.1 Å². The van der Waals surface area contributed by atoms with E-state index in [1.54, 1.807) is 29.7 Å². The molecule has 5 nitrogen and oxygen atoms in total. The summed E-state index contributed by atoms with van der Waals surface area (Å²) in [5, 5.41) is 6.49. The van der Waals surface area contributed by atoms with Crippen LogP contribution in [0.2, 0.25) is 0 Å². The Morgan fingerprint density at radius 1 is 1.40 bits per heavy atom. The number of nitrogens with two attached hydrogens (primary N) is 1. The minimum absolute atomic E-state index is 0.0573. The molecule has 1 unspecified atom stereocenters. The van der Waals surface area contributed by atoms with Crippen molar-refractivity contribution in [2.75, 3.05) is 5.32 Å². The highest BCUT2D eigenvalue weighted by molar-refractivity contribution is 7.09. The summed E-state index contributed by atoms with van der Waals surface area (Å²) in [5.74, 6) is -0.0969. The average molecular weight is 290 g/mol. The van der Waals surface area contributed by atoms with Gasteiger partial charge in [-0.3, -0.25) is 9.78 Å². The van der Waals surface area contributed by atoms with Gasteiger partial charge in [0.2, 0.25) is 0 Å². The number of nitrogens with zero attached hydrogens (tertiary/aromatic N) is 2. The van der Waals surface area contributed by atoms with E-state index in [9.17, 15) is 4.79 Å². The smallest absolute Gasteiger partial charge is 0.267 e. The number of anilines is 1. The molecule has 0 saturated heterocycles. The van der Waals surface area contributed by atoms with Crippen molar-refractivity contribution in [2.45, 2.75) is 32.7 Å². The third kappa shape index (κ3) is 3.33. The standard InChI is InChI=1S/C14H18N4OS/c1-8(2)14-18-12(7-20-14)9(3)17-10-4-5-16-11(6-10)13(15)19/h4-9H,1-3H3,(H2,15,19)(H,16,17). The molecule has 20 heavy (non-hydrogen) atoms. The number of rotatable bonds is 5. The van der Waals surface area contributed by atoms with E-state index < -0.39 is 5.91 Å². The number of carbonyl (C=O) groups is 1. The summed E-state index contributed by atoms with van der Waals surface area (Å²) in [7, 11) is 0. The van der Waals surface area contributed by atoms with Crippen LogP contribution >= 0.6 is 11.3 Å². The lowest BCUT2D eigenvalue weighted by Gasteiger charge is -2.13. The van der Waals surface area contributed by atoms with Gasteiger partial charge >= 0.3 is 0 Å². The maximum atomic E-state index is 11.1. The van der Waals surface area contributed by atoms with Crippen molar-refractivity contribution in [2.24, 2.45) is 5.73 Å². The fourth-order valence-electron chi connectivity index (χ4n) is 1.74. The van der Waals surface area contributed by atoms with E-state index in [2.05, 4.69) is 34.5 Å². The number of primary amides is 1. The molecule has 0 aromatic carbocycles. The van der Waals surface area contributed by atoms with Gasteiger partial charge in [-0.25, -0.2) is 4.98 Å². The van der Waals surface area contributed by atoms with Gasteiger partial charge < -0.3 is 11.1 Å². The molecule has 0 fully saturated rings. The molecule has 0 bridgehead atoms. The van der Waals surface area contributed by atoms with Gasteiger partial charge in [-0.2, -0.15) is 0 Å². The Morgan fingerprint density at radius 2 is 2.15 bits per heavy atom. The van der Waals surface area contributed by atoms with Gasteiger partial charge in [0.05, 0.1) is 16.7 Å². The molecule has 2 rings (SSSR count). The maximum Gasteiger partial charge on any atom is 0.267 e. The number of nitrogens with one attached hydrogen (secondary N) is 1. The first kappa shape index (κ1) is 14.5. The van der Waals surface area contributed by atoms with Crippen LogP contribution in [0.5, 0.6) is 0 Å². The number of aromatic nitrogens is 2.